The average molecular weight is 435 g/mol. The normalized spacial score (nSPS) is 11.3. The Kier molecular flexibility index (Phi) is 7.56. The lowest BCUT2D eigenvalue weighted by atomic mass is 10.1. The summed E-state index contributed by atoms with van der Waals surface area (Å²) in [6, 6.07) is 7.77. The molecule has 0 radical (unpaired) electrons. The van der Waals surface area contributed by atoms with E-state index in [4.69, 9.17) is 0 Å². The Morgan fingerprint density at radius 3 is 2.53 bits per heavy atom. The van der Waals surface area contributed by atoms with Crippen molar-refractivity contribution >= 4 is 23.2 Å². The molecule has 0 aliphatic heterocycles. The zero-order valence-corrected chi connectivity index (χ0v) is 19.1. The third kappa shape index (κ3) is 6.39. The summed E-state index contributed by atoms with van der Waals surface area (Å²) in [5, 5.41) is 7.62. The van der Waals surface area contributed by atoms with E-state index in [1.165, 1.54) is 6.08 Å². The number of hydrogen-bond acceptors (Lipinski definition) is 7. The van der Waals surface area contributed by atoms with Gasteiger partial charge >= 0.3 is 0 Å². The fourth-order valence-corrected chi connectivity index (χ4v) is 2.85. The Morgan fingerprint density at radius 2 is 1.88 bits per heavy atom. The first-order valence-electron chi connectivity index (χ1n) is 10.4. The van der Waals surface area contributed by atoms with Crippen LogP contribution >= 0.6 is 0 Å². The molecule has 0 atom stereocenters. The Labute approximate surface area is 188 Å². The van der Waals surface area contributed by atoms with E-state index in [1.807, 2.05) is 67.3 Å². The maximum Gasteiger partial charge on any atom is 0.262 e. The van der Waals surface area contributed by atoms with Gasteiger partial charge in [0.1, 0.15) is 0 Å². The molecule has 2 heterocycles. The third-order valence-electron chi connectivity index (χ3n) is 4.59. The summed E-state index contributed by atoms with van der Waals surface area (Å²) in [7, 11) is 3.89. The van der Waals surface area contributed by atoms with Gasteiger partial charge in [0.2, 0.25) is 5.95 Å². The number of amides is 1. The molecule has 0 unspecified atom stereocenters. The first kappa shape index (κ1) is 23.0. The van der Waals surface area contributed by atoms with Gasteiger partial charge in [-0.25, -0.2) is 9.97 Å². The van der Waals surface area contributed by atoms with E-state index in [2.05, 4.69) is 45.1 Å². The highest BCUT2D eigenvalue weighted by molar-refractivity contribution is 5.88. The molecule has 1 amide bonds. The van der Waals surface area contributed by atoms with Crippen molar-refractivity contribution in [3.8, 4) is 11.3 Å². The Morgan fingerprint density at radius 1 is 1.16 bits per heavy atom. The van der Waals surface area contributed by atoms with Gasteiger partial charge in [-0.3, -0.25) is 20.3 Å². The molecule has 0 spiro atoms. The third-order valence-corrected chi connectivity index (χ3v) is 4.59. The number of carbonyl (C=O) groups excluding carboxylic acids is 1. The Hall–Kier alpha value is -3.72. The number of hydrogen-bond donors (Lipinski definition) is 3. The molecule has 3 aromatic rings. The first-order valence-corrected chi connectivity index (χ1v) is 10.4. The summed E-state index contributed by atoms with van der Waals surface area (Å²) in [5.41, 5.74) is 9.90. The van der Waals surface area contributed by atoms with Gasteiger partial charge in [-0.05, 0) is 64.7 Å². The molecular formula is C23H30N8O. The van der Waals surface area contributed by atoms with Gasteiger partial charge in [0, 0.05) is 42.3 Å². The number of rotatable bonds is 9. The van der Waals surface area contributed by atoms with Crippen LogP contribution in [0.4, 0.5) is 17.3 Å². The fourth-order valence-electron chi connectivity index (χ4n) is 2.85. The average Bonchev–Trinajstić information content (AvgIpc) is 3.25. The lowest BCUT2D eigenvalue weighted by Gasteiger charge is -2.10. The molecule has 2 aromatic heterocycles. The highest BCUT2D eigenvalue weighted by atomic mass is 16.2. The maximum atomic E-state index is 11.8. The molecule has 0 aliphatic carbocycles. The van der Waals surface area contributed by atoms with Crippen molar-refractivity contribution < 1.29 is 4.79 Å². The van der Waals surface area contributed by atoms with Crippen LogP contribution in [0.25, 0.3) is 11.3 Å². The molecule has 0 saturated heterocycles. The quantitative estimate of drug-likeness (QED) is 0.350. The molecule has 0 aliphatic rings. The van der Waals surface area contributed by atoms with Crippen LogP contribution in [-0.4, -0.2) is 51.2 Å². The van der Waals surface area contributed by atoms with Gasteiger partial charge in [0.05, 0.1) is 17.6 Å². The number of aryl methyl sites for hydroxylation is 1. The molecule has 32 heavy (non-hydrogen) atoms. The van der Waals surface area contributed by atoms with Crippen LogP contribution in [0.1, 0.15) is 25.5 Å². The van der Waals surface area contributed by atoms with Gasteiger partial charge < -0.3 is 10.2 Å². The summed E-state index contributed by atoms with van der Waals surface area (Å²) in [6.07, 6.45) is 8.91. The molecule has 3 N–H and O–H groups in total. The molecule has 0 saturated carbocycles. The lowest BCUT2D eigenvalue weighted by Crippen LogP contribution is -2.27. The number of nitrogens with one attached hydrogen (secondary N) is 3. The summed E-state index contributed by atoms with van der Waals surface area (Å²) in [4.78, 5) is 22.8. The van der Waals surface area contributed by atoms with Crippen LogP contribution in [-0.2, 0) is 4.79 Å². The minimum Gasteiger partial charge on any atom is -0.324 e. The zero-order chi connectivity index (χ0) is 23.1. The second-order valence-electron chi connectivity index (χ2n) is 8.01. The summed E-state index contributed by atoms with van der Waals surface area (Å²) in [6.45, 7) is 6.86. The van der Waals surface area contributed by atoms with E-state index >= 15 is 0 Å². The Balaban J connectivity index is 1.61. The number of nitrogens with zero attached hydrogens (tertiary/aromatic N) is 5. The van der Waals surface area contributed by atoms with E-state index in [0.29, 0.717) is 12.5 Å². The van der Waals surface area contributed by atoms with Crippen molar-refractivity contribution in [2.24, 2.45) is 0 Å². The molecule has 9 heteroatoms. The molecule has 0 fully saturated rings. The maximum absolute atomic E-state index is 11.8. The number of likely N-dealkylation sites (N-methyl/N-ethyl adjacent to an activating group) is 1. The first-order chi connectivity index (χ1) is 15.3. The fraction of sp³-hybridized carbons (Fsp3) is 0.304. The number of anilines is 3. The highest BCUT2D eigenvalue weighted by Crippen LogP contribution is 2.24. The predicted octanol–water partition coefficient (Wildman–Crippen LogP) is 3.53. The van der Waals surface area contributed by atoms with E-state index in [9.17, 15) is 4.79 Å². The summed E-state index contributed by atoms with van der Waals surface area (Å²) in [5.74, 6) is 0.290. The van der Waals surface area contributed by atoms with Gasteiger partial charge in [-0.15, -0.1) is 0 Å². The van der Waals surface area contributed by atoms with Crippen molar-refractivity contribution in [3.63, 3.8) is 0 Å². The van der Waals surface area contributed by atoms with Crippen LogP contribution < -0.4 is 16.2 Å². The van der Waals surface area contributed by atoms with E-state index < -0.39 is 0 Å². The van der Waals surface area contributed by atoms with Gasteiger partial charge in [-0.2, -0.15) is 5.10 Å². The molecular weight excluding hydrogens is 404 g/mol. The van der Waals surface area contributed by atoms with Gasteiger partial charge in [-0.1, -0.05) is 6.08 Å². The molecule has 0 bridgehead atoms. The second-order valence-corrected chi connectivity index (χ2v) is 8.01. The smallest absolute Gasteiger partial charge is 0.262 e. The van der Waals surface area contributed by atoms with Crippen molar-refractivity contribution in [1.82, 2.24) is 30.1 Å². The topological polar surface area (TPSA) is 100 Å². The number of hydrazine groups is 1. The Bertz CT molecular complexity index is 1070. The second kappa shape index (κ2) is 10.5. The van der Waals surface area contributed by atoms with Crippen molar-refractivity contribution in [2.45, 2.75) is 26.8 Å². The van der Waals surface area contributed by atoms with E-state index in [-0.39, 0.29) is 11.9 Å². The number of aromatic nitrogens is 4. The number of benzene rings is 1. The predicted molar refractivity (Wildman–Crippen MR) is 128 cm³/mol. The minimum absolute atomic E-state index is 0.213. The van der Waals surface area contributed by atoms with Crippen molar-refractivity contribution in [3.05, 3.63) is 60.6 Å². The SMILES string of the molecule is Cc1cnc(Nc2ccc(NNC(=O)/C=C/CN(C)C)cc2)nc1-c1cnn(C(C)C)c1. The van der Waals surface area contributed by atoms with E-state index in [1.54, 1.807) is 12.3 Å². The molecule has 3 rings (SSSR count). The van der Waals surface area contributed by atoms with Crippen LogP contribution in [0.2, 0.25) is 0 Å². The monoisotopic (exact) mass is 434 g/mol. The zero-order valence-electron chi connectivity index (χ0n) is 19.1. The minimum atomic E-state index is -0.213. The molecule has 168 valence electrons. The summed E-state index contributed by atoms with van der Waals surface area (Å²) < 4.78 is 1.91. The largest absolute Gasteiger partial charge is 0.324 e. The van der Waals surface area contributed by atoms with Gasteiger partial charge in [0.15, 0.2) is 0 Å². The van der Waals surface area contributed by atoms with Crippen LogP contribution in [0.5, 0.6) is 0 Å². The number of carbonyl (C=O) groups is 1. The molecule has 9 nitrogen and oxygen atoms in total. The highest BCUT2D eigenvalue weighted by Gasteiger charge is 2.10. The van der Waals surface area contributed by atoms with E-state index in [0.717, 1.165) is 28.2 Å². The summed E-state index contributed by atoms with van der Waals surface area (Å²) >= 11 is 0. The molecule has 1 aromatic carbocycles. The van der Waals surface area contributed by atoms with Crippen LogP contribution in [0.15, 0.2) is 55.0 Å². The van der Waals surface area contributed by atoms with Gasteiger partial charge in [0.25, 0.3) is 5.91 Å². The lowest BCUT2D eigenvalue weighted by molar-refractivity contribution is -0.116. The van der Waals surface area contributed by atoms with Crippen LogP contribution in [0.3, 0.4) is 0 Å². The van der Waals surface area contributed by atoms with Crippen molar-refractivity contribution in [1.29, 1.82) is 0 Å². The standard InChI is InChI=1S/C23H30N8O/c1-16(2)31-15-18(14-25-31)22-17(3)13-24-23(27-22)26-19-8-10-20(11-9-19)28-29-21(32)7-6-12-30(4)5/h6-11,13-16,28H,12H2,1-5H3,(H,29,32)(H,24,26,27)/b7-6+. The van der Waals surface area contributed by atoms with Crippen molar-refractivity contribution in [2.75, 3.05) is 31.4 Å². The van der Waals surface area contributed by atoms with Crippen LogP contribution in [0, 0.1) is 6.92 Å².